The average molecular weight is 432 g/mol. The second-order valence-electron chi connectivity index (χ2n) is 9.06. The van der Waals surface area contributed by atoms with Crippen LogP contribution in [-0.4, -0.2) is 66.9 Å². The normalized spacial score (nSPS) is 16.9. The van der Waals surface area contributed by atoms with Gasteiger partial charge in [-0.3, -0.25) is 4.79 Å². The number of rotatable bonds is 5. The van der Waals surface area contributed by atoms with E-state index in [4.69, 9.17) is 4.98 Å². The third-order valence-corrected chi connectivity index (χ3v) is 7.24. The van der Waals surface area contributed by atoms with Crippen LogP contribution in [0, 0.1) is 18.3 Å². The van der Waals surface area contributed by atoms with Crippen LogP contribution in [0.3, 0.4) is 0 Å². The van der Waals surface area contributed by atoms with Crippen molar-refractivity contribution in [2.24, 2.45) is 11.3 Å². The number of carbonyl (C=O) groups excluding carboxylic acids is 1. The quantitative estimate of drug-likeness (QED) is 0.642. The lowest BCUT2D eigenvalue weighted by molar-refractivity contribution is 0.0673. The van der Waals surface area contributed by atoms with Crippen LogP contribution in [0.2, 0.25) is 0 Å². The van der Waals surface area contributed by atoms with Gasteiger partial charge in [0.2, 0.25) is 5.82 Å². The van der Waals surface area contributed by atoms with Crippen molar-refractivity contribution in [3.8, 4) is 0 Å². The van der Waals surface area contributed by atoms with Gasteiger partial charge in [0.05, 0.1) is 18.6 Å². The van der Waals surface area contributed by atoms with E-state index in [2.05, 4.69) is 30.9 Å². The first-order valence-electron chi connectivity index (χ1n) is 10.4. The van der Waals surface area contributed by atoms with Crippen molar-refractivity contribution in [2.45, 2.75) is 47.0 Å². The molecule has 1 unspecified atom stereocenters. The number of aromatic nitrogens is 4. The molecular formula is C21H29N5O3S. The molecule has 0 spiro atoms. The molecule has 162 valence electrons. The van der Waals surface area contributed by atoms with Crippen LogP contribution in [0.1, 0.15) is 54.1 Å². The summed E-state index contributed by atoms with van der Waals surface area (Å²) in [5.41, 5.74) is 2.23. The van der Waals surface area contributed by atoms with E-state index in [0.717, 1.165) is 29.5 Å². The third-order valence-electron chi connectivity index (χ3n) is 6.09. The monoisotopic (exact) mass is 431 g/mol. The summed E-state index contributed by atoms with van der Waals surface area (Å²) in [6, 6.07) is 0. The Balaban J connectivity index is 1.81. The molecule has 0 radical (unpaired) electrons. The predicted octanol–water partition coefficient (Wildman–Crippen LogP) is 2.23. The van der Waals surface area contributed by atoms with E-state index in [1.54, 1.807) is 15.9 Å². The lowest BCUT2D eigenvalue weighted by Crippen LogP contribution is -2.36. The summed E-state index contributed by atoms with van der Waals surface area (Å²) in [6.45, 7) is 8.67. The van der Waals surface area contributed by atoms with Crippen LogP contribution >= 0.6 is 11.3 Å². The van der Waals surface area contributed by atoms with Crippen LogP contribution in [-0.2, 0) is 12.8 Å². The molecule has 8 nitrogen and oxygen atoms in total. The number of hydrogen-bond donors (Lipinski definition) is 2. The first-order chi connectivity index (χ1) is 14.2. The molecule has 3 aromatic heterocycles. The Morgan fingerprint density at radius 3 is 2.57 bits per heavy atom. The molecule has 1 aliphatic carbocycles. The van der Waals surface area contributed by atoms with Gasteiger partial charge in [-0.25, -0.2) is 9.97 Å². The summed E-state index contributed by atoms with van der Waals surface area (Å²) >= 11 is 1.74. The number of carbonyl (C=O) groups is 1. The molecule has 30 heavy (non-hydrogen) atoms. The summed E-state index contributed by atoms with van der Waals surface area (Å²) < 4.78 is 1.65. The Labute approximate surface area is 179 Å². The second kappa shape index (κ2) is 7.86. The summed E-state index contributed by atoms with van der Waals surface area (Å²) in [7, 11) is 0. The fourth-order valence-corrected chi connectivity index (χ4v) is 5.64. The van der Waals surface area contributed by atoms with Crippen LogP contribution in [0.15, 0.2) is 0 Å². The van der Waals surface area contributed by atoms with E-state index in [1.807, 2.05) is 6.92 Å². The summed E-state index contributed by atoms with van der Waals surface area (Å²) in [6.07, 6.45) is 3.16. The van der Waals surface area contributed by atoms with Crippen molar-refractivity contribution in [3.63, 3.8) is 0 Å². The van der Waals surface area contributed by atoms with Gasteiger partial charge in [-0.2, -0.15) is 4.52 Å². The molecular weight excluding hydrogens is 402 g/mol. The standard InChI is InChI=1S/C21H29N5O3S/c1-12-22-19-16(14-6-5-13(21(2,3)4)11-15(14)30-19)18-23-17(24-26(12)18)20(29)25(7-9-27)8-10-28/h13,27-28H,5-11H2,1-4H3. The largest absolute Gasteiger partial charge is 0.395 e. The molecule has 0 saturated heterocycles. The Morgan fingerprint density at radius 2 is 1.93 bits per heavy atom. The minimum absolute atomic E-state index is 0.0672. The van der Waals surface area contributed by atoms with Crippen molar-refractivity contribution in [2.75, 3.05) is 26.3 Å². The zero-order chi connectivity index (χ0) is 21.6. The topological polar surface area (TPSA) is 104 Å². The molecule has 0 aliphatic heterocycles. The molecule has 1 amide bonds. The zero-order valence-corrected chi connectivity index (χ0v) is 18.8. The molecule has 0 saturated carbocycles. The summed E-state index contributed by atoms with van der Waals surface area (Å²) in [4.78, 5) is 25.9. The molecule has 1 atom stereocenters. The maximum atomic E-state index is 12.9. The van der Waals surface area contributed by atoms with Crippen LogP contribution < -0.4 is 0 Å². The summed E-state index contributed by atoms with van der Waals surface area (Å²) in [5.74, 6) is 0.991. The number of aryl methyl sites for hydroxylation is 2. The van der Waals surface area contributed by atoms with Crippen molar-refractivity contribution in [1.29, 1.82) is 0 Å². The molecule has 2 N–H and O–H groups in total. The number of aliphatic hydroxyl groups is 2. The highest BCUT2D eigenvalue weighted by atomic mass is 32.1. The molecule has 0 bridgehead atoms. The minimum Gasteiger partial charge on any atom is -0.395 e. The number of amides is 1. The van der Waals surface area contributed by atoms with Gasteiger partial charge in [-0.1, -0.05) is 20.8 Å². The summed E-state index contributed by atoms with van der Waals surface area (Å²) in [5, 5.41) is 23.9. The van der Waals surface area contributed by atoms with Gasteiger partial charge in [0.25, 0.3) is 5.91 Å². The highest BCUT2D eigenvalue weighted by molar-refractivity contribution is 7.19. The molecule has 9 heteroatoms. The highest BCUT2D eigenvalue weighted by Gasteiger charge is 2.32. The van der Waals surface area contributed by atoms with Crippen LogP contribution in [0.25, 0.3) is 15.9 Å². The predicted molar refractivity (Wildman–Crippen MR) is 116 cm³/mol. The van der Waals surface area contributed by atoms with Gasteiger partial charge >= 0.3 is 0 Å². The van der Waals surface area contributed by atoms with E-state index in [0.29, 0.717) is 17.4 Å². The maximum absolute atomic E-state index is 12.9. The van der Waals surface area contributed by atoms with E-state index < -0.39 is 5.91 Å². The zero-order valence-electron chi connectivity index (χ0n) is 18.0. The van der Waals surface area contributed by atoms with Crippen LogP contribution in [0.5, 0.6) is 0 Å². The fraction of sp³-hybridized carbons (Fsp3) is 0.619. The third kappa shape index (κ3) is 3.59. The van der Waals surface area contributed by atoms with Crippen molar-refractivity contribution >= 4 is 33.1 Å². The fourth-order valence-electron chi connectivity index (χ4n) is 4.30. The number of thiophene rings is 1. The minimum atomic E-state index is -0.397. The number of hydrogen-bond acceptors (Lipinski definition) is 7. The number of fused-ring (bicyclic) bond motifs is 5. The van der Waals surface area contributed by atoms with Gasteiger partial charge in [-0.05, 0) is 43.1 Å². The van der Waals surface area contributed by atoms with Gasteiger partial charge < -0.3 is 15.1 Å². The van der Waals surface area contributed by atoms with E-state index >= 15 is 0 Å². The van der Waals surface area contributed by atoms with Gasteiger partial charge in [0.1, 0.15) is 10.7 Å². The number of aliphatic hydroxyl groups excluding tert-OH is 2. The molecule has 1 aliphatic rings. The smallest absolute Gasteiger partial charge is 0.293 e. The second-order valence-corrected chi connectivity index (χ2v) is 10.1. The van der Waals surface area contributed by atoms with Crippen LogP contribution in [0.4, 0.5) is 0 Å². The van der Waals surface area contributed by atoms with Crippen molar-refractivity contribution in [1.82, 2.24) is 24.5 Å². The van der Waals surface area contributed by atoms with Gasteiger partial charge in [0, 0.05) is 18.0 Å². The SMILES string of the molecule is Cc1nc2sc3c(c2c2nc(C(=O)N(CCO)CCO)nn12)CCC(C(C)(C)C)C3. The Morgan fingerprint density at radius 1 is 1.23 bits per heavy atom. The molecule has 0 aromatic carbocycles. The van der Waals surface area contributed by atoms with E-state index in [-0.39, 0.29) is 37.5 Å². The Bertz CT molecular complexity index is 1090. The highest BCUT2D eigenvalue weighted by Crippen LogP contribution is 2.43. The van der Waals surface area contributed by atoms with E-state index in [9.17, 15) is 15.0 Å². The van der Waals surface area contributed by atoms with Gasteiger partial charge in [-0.15, -0.1) is 16.4 Å². The van der Waals surface area contributed by atoms with Gasteiger partial charge in [0.15, 0.2) is 5.65 Å². The molecule has 3 heterocycles. The van der Waals surface area contributed by atoms with E-state index in [1.165, 1.54) is 15.3 Å². The average Bonchev–Trinajstić information content (AvgIpc) is 3.27. The lowest BCUT2D eigenvalue weighted by atomic mass is 9.72. The maximum Gasteiger partial charge on any atom is 0.293 e. The Kier molecular flexibility index (Phi) is 5.54. The van der Waals surface area contributed by atoms with Crippen molar-refractivity contribution < 1.29 is 15.0 Å². The molecule has 0 fully saturated rings. The first kappa shape index (κ1) is 21.1. The number of nitrogens with zero attached hydrogens (tertiary/aromatic N) is 5. The first-order valence-corrected chi connectivity index (χ1v) is 11.2. The lowest BCUT2D eigenvalue weighted by Gasteiger charge is -2.33. The Hall–Kier alpha value is -2.10. The van der Waals surface area contributed by atoms with Crippen molar-refractivity contribution in [3.05, 3.63) is 22.1 Å². The molecule has 3 aromatic rings. The molecule has 4 rings (SSSR count).